The molecule has 2 heteroatoms. The number of hydrogen-bond donors (Lipinski definition) is 1. The predicted molar refractivity (Wildman–Crippen MR) is 93.8 cm³/mol. The Hall–Kier alpha value is -1.15. The molecule has 0 saturated heterocycles. The molecule has 0 aliphatic heterocycles. The Morgan fingerprint density at radius 3 is 2.36 bits per heavy atom. The Morgan fingerprint density at radius 2 is 1.73 bits per heavy atom. The van der Waals surface area contributed by atoms with Gasteiger partial charge in [0.2, 0.25) is 0 Å². The minimum absolute atomic E-state index is 0.239. The van der Waals surface area contributed by atoms with Crippen LogP contribution in [0.15, 0.2) is 34.9 Å². The third kappa shape index (κ3) is 7.22. The molecule has 2 nitrogen and oxygen atoms in total. The molecule has 0 aromatic carbocycles. The van der Waals surface area contributed by atoms with E-state index in [-0.39, 0.29) is 5.78 Å². The third-order valence-corrected chi connectivity index (χ3v) is 4.36. The zero-order chi connectivity index (χ0) is 16.8. The molecular weight excluding hydrogens is 272 g/mol. The van der Waals surface area contributed by atoms with E-state index in [1.54, 1.807) is 0 Å². The van der Waals surface area contributed by atoms with Crippen LogP contribution in [0.3, 0.4) is 0 Å². The van der Waals surface area contributed by atoms with Crippen LogP contribution in [0, 0.1) is 5.92 Å². The molecule has 1 atom stereocenters. The van der Waals surface area contributed by atoms with Gasteiger partial charge in [0.25, 0.3) is 0 Å². The summed E-state index contributed by atoms with van der Waals surface area (Å²) in [4.78, 5) is 12.1. The summed E-state index contributed by atoms with van der Waals surface area (Å²) in [6.07, 6.45) is 11.5. The average molecular weight is 304 g/mol. The zero-order valence-electron chi connectivity index (χ0n) is 14.9. The number of rotatable bonds is 1. The van der Waals surface area contributed by atoms with Crippen LogP contribution in [-0.2, 0) is 4.79 Å². The van der Waals surface area contributed by atoms with Crippen molar-refractivity contribution in [2.24, 2.45) is 5.92 Å². The van der Waals surface area contributed by atoms with E-state index < -0.39 is 5.60 Å². The maximum atomic E-state index is 12.1. The summed E-state index contributed by atoms with van der Waals surface area (Å²) in [5, 5.41) is 10.3. The molecule has 0 saturated carbocycles. The van der Waals surface area contributed by atoms with Crippen LogP contribution >= 0.6 is 0 Å². The smallest absolute Gasteiger partial charge is 0.155 e. The number of allylic oxidation sites excluding steroid dienone is 5. The van der Waals surface area contributed by atoms with E-state index in [9.17, 15) is 9.90 Å². The maximum Gasteiger partial charge on any atom is 0.155 e. The van der Waals surface area contributed by atoms with Gasteiger partial charge in [0.1, 0.15) is 0 Å². The summed E-state index contributed by atoms with van der Waals surface area (Å²) in [5.74, 6) is 0.582. The van der Waals surface area contributed by atoms with Gasteiger partial charge in [-0.2, -0.15) is 0 Å². The summed E-state index contributed by atoms with van der Waals surface area (Å²) >= 11 is 0. The molecule has 0 fully saturated rings. The van der Waals surface area contributed by atoms with Crippen LogP contribution in [0.25, 0.3) is 0 Å². The second kappa shape index (κ2) is 8.47. The molecule has 0 heterocycles. The molecule has 0 unspecified atom stereocenters. The standard InChI is InChI=1S/C20H32O2/c1-15-7-6-8-16(2)13-19(21)14-17(3)10-12-18(11-9-15)20(4,5)22/h9,11,13,17,22H,6-8,10,12,14H2,1-5H3/b15-9+,16-13-,18-11+/t17-/m0/s1. The zero-order valence-corrected chi connectivity index (χ0v) is 14.9. The highest BCUT2D eigenvalue weighted by Gasteiger charge is 2.20. The van der Waals surface area contributed by atoms with Crippen molar-refractivity contribution in [2.75, 3.05) is 0 Å². The number of carbonyl (C=O) groups excluding carboxylic acids is 1. The lowest BCUT2D eigenvalue weighted by Gasteiger charge is -2.23. The monoisotopic (exact) mass is 304 g/mol. The molecule has 22 heavy (non-hydrogen) atoms. The molecule has 124 valence electrons. The molecule has 1 N–H and O–H groups in total. The second-order valence-electron chi connectivity index (χ2n) is 7.42. The van der Waals surface area contributed by atoms with Crippen LogP contribution in [-0.4, -0.2) is 16.5 Å². The van der Waals surface area contributed by atoms with Crippen molar-refractivity contribution in [3.8, 4) is 0 Å². The van der Waals surface area contributed by atoms with Gasteiger partial charge in [0.15, 0.2) is 5.78 Å². The Balaban J connectivity index is 2.96. The molecule has 0 radical (unpaired) electrons. The highest BCUT2D eigenvalue weighted by molar-refractivity contribution is 5.90. The highest BCUT2D eigenvalue weighted by atomic mass is 16.3. The molecule has 1 aliphatic rings. The normalized spacial score (nSPS) is 30.4. The molecule has 1 rings (SSSR count). The third-order valence-electron chi connectivity index (χ3n) is 4.36. The van der Waals surface area contributed by atoms with Gasteiger partial charge in [-0.05, 0) is 77.4 Å². The van der Waals surface area contributed by atoms with Crippen molar-refractivity contribution in [1.29, 1.82) is 0 Å². The molecular formula is C20H32O2. The molecule has 0 aromatic heterocycles. The Morgan fingerprint density at radius 1 is 1.09 bits per heavy atom. The van der Waals surface area contributed by atoms with E-state index in [1.165, 1.54) is 11.1 Å². The lowest BCUT2D eigenvalue weighted by atomic mass is 9.88. The lowest BCUT2D eigenvalue weighted by Crippen LogP contribution is -2.22. The van der Waals surface area contributed by atoms with Crippen LogP contribution in [0.2, 0.25) is 0 Å². The van der Waals surface area contributed by atoms with Gasteiger partial charge >= 0.3 is 0 Å². The first kappa shape index (κ1) is 18.9. The first-order chi connectivity index (χ1) is 10.2. The van der Waals surface area contributed by atoms with Crippen molar-refractivity contribution in [3.63, 3.8) is 0 Å². The summed E-state index contributed by atoms with van der Waals surface area (Å²) in [5.41, 5.74) is 2.77. The summed E-state index contributed by atoms with van der Waals surface area (Å²) < 4.78 is 0. The second-order valence-corrected chi connectivity index (χ2v) is 7.42. The molecule has 0 bridgehead atoms. The number of carbonyl (C=O) groups is 1. The lowest BCUT2D eigenvalue weighted by molar-refractivity contribution is -0.115. The van der Waals surface area contributed by atoms with Gasteiger partial charge < -0.3 is 5.11 Å². The molecule has 1 aliphatic carbocycles. The van der Waals surface area contributed by atoms with E-state index in [1.807, 2.05) is 19.9 Å². The number of ketones is 1. The van der Waals surface area contributed by atoms with Crippen molar-refractivity contribution >= 4 is 5.78 Å². The topological polar surface area (TPSA) is 37.3 Å². The number of aliphatic hydroxyl groups is 1. The largest absolute Gasteiger partial charge is 0.386 e. The van der Waals surface area contributed by atoms with Gasteiger partial charge in [-0.25, -0.2) is 0 Å². The summed E-state index contributed by atoms with van der Waals surface area (Å²) in [6, 6.07) is 0. The van der Waals surface area contributed by atoms with Crippen LogP contribution in [0.4, 0.5) is 0 Å². The SMILES string of the molecule is C/C1=C/C(=O)C[C@@H](C)CC/C(C(C)(C)O)=C\C=C(/C)CCC1. The first-order valence-electron chi connectivity index (χ1n) is 8.47. The minimum atomic E-state index is -0.798. The average Bonchev–Trinajstić information content (AvgIpc) is 2.35. The quantitative estimate of drug-likeness (QED) is 0.728. The van der Waals surface area contributed by atoms with Gasteiger partial charge in [0.05, 0.1) is 5.60 Å². The summed E-state index contributed by atoms with van der Waals surface area (Å²) in [7, 11) is 0. The van der Waals surface area contributed by atoms with Gasteiger partial charge in [-0.15, -0.1) is 0 Å². The Labute approximate surface area is 136 Å². The van der Waals surface area contributed by atoms with Gasteiger partial charge in [0, 0.05) is 6.42 Å². The molecule has 0 spiro atoms. The molecule has 0 aromatic rings. The van der Waals surface area contributed by atoms with Crippen LogP contribution in [0.5, 0.6) is 0 Å². The highest BCUT2D eigenvalue weighted by Crippen LogP contribution is 2.25. The van der Waals surface area contributed by atoms with Crippen molar-refractivity contribution in [2.45, 2.75) is 78.7 Å². The van der Waals surface area contributed by atoms with Gasteiger partial charge in [-0.3, -0.25) is 4.79 Å². The van der Waals surface area contributed by atoms with Crippen molar-refractivity contribution in [1.82, 2.24) is 0 Å². The van der Waals surface area contributed by atoms with E-state index in [0.717, 1.165) is 37.7 Å². The molecule has 0 amide bonds. The first-order valence-corrected chi connectivity index (χ1v) is 8.47. The van der Waals surface area contributed by atoms with Crippen LogP contribution in [0.1, 0.15) is 73.1 Å². The van der Waals surface area contributed by atoms with E-state index >= 15 is 0 Å². The maximum absolute atomic E-state index is 12.1. The number of hydrogen-bond acceptors (Lipinski definition) is 2. The van der Waals surface area contributed by atoms with Crippen molar-refractivity contribution in [3.05, 3.63) is 34.9 Å². The fourth-order valence-electron chi connectivity index (χ4n) is 2.82. The fraction of sp³-hybridized carbons (Fsp3) is 0.650. The van der Waals surface area contributed by atoms with Gasteiger partial charge in [-0.1, -0.05) is 30.2 Å². The van der Waals surface area contributed by atoms with Crippen LogP contribution < -0.4 is 0 Å². The van der Waals surface area contributed by atoms with E-state index in [2.05, 4.69) is 32.9 Å². The summed E-state index contributed by atoms with van der Waals surface area (Å²) in [6.45, 7) is 9.99. The van der Waals surface area contributed by atoms with E-state index in [4.69, 9.17) is 0 Å². The fourth-order valence-corrected chi connectivity index (χ4v) is 2.82. The van der Waals surface area contributed by atoms with Crippen molar-refractivity contribution < 1.29 is 9.90 Å². The predicted octanol–water partition coefficient (Wildman–Crippen LogP) is 5.14. The Kier molecular flexibility index (Phi) is 7.28. The Bertz CT molecular complexity index is 472. The van der Waals surface area contributed by atoms with E-state index in [0.29, 0.717) is 12.3 Å². The minimum Gasteiger partial charge on any atom is -0.386 e.